The molecule has 0 aliphatic carbocycles. The Labute approximate surface area is 59.1 Å². The Kier molecular flexibility index (Phi) is 2.25. The van der Waals surface area contributed by atoms with Gasteiger partial charge in [0.15, 0.2) is 6.29 Å². The molecule has 2 unspecified atom stereocenters. The van der Waals surface area contributed by atoms with E-state index >= 15 is 0 Å². The molecule has 1 rings (SSSR count). The Morgan fingerprint density at radius 2 is 1.90 bits per heavy atom. The largest absolute Gasteiger partial charge is 0.390 e. The number of hydrogen-bond acceptors (Lipinski definition) is 4. The van der Waals surface area contributed by atoms with Crippen molar-refractivity contribution in [2.24, 2.45) is 0 Å². The average Bonchev–Trinajstić information content (AvgIpc) is 1.82. The van der Waals surface area contributed by atoms with Gasteiger partial charge < -0.3 is 20.1 Å². The molecule has 1 aliphatic rings. The van der Waals surface area contributed by atoms with Crippen LogP contribution in [0.15, 0.2) is 0 Å². The molecule has 4 nitrogen and oxygen atoms in total. The molecule has 0 aromatic heterocycles. The summed E-state index contributed by atoms with van der Waals surface area (Å²) in [7, 11) is 0. The topological polar surface area (TPSA) is 69.9 Å². The number of aliphatic hydroxyl groups is 3. The van der Waals surface area contributed by atoms with E-state index in [1.807, 2.05) is 0 Å². The van der Waals surface area contributed by atoms with E-state index in [4.69, 9.17) is 20.1 Å². The van der Waals surface area contributed by atoms with Crippen molar-refractivity contribution >= 4 is 0 Å². The smallest absolute Gasteiger partial charge is 0.157 e. The highest BCUT2D eigenvalue weighted by molar-refractivity contribution is 4.78. The quantitative estimate of drug-likeness (QED) is 0.405. The summed E-state index contributed by atoms with van der Waals surface area (Å²) in [6.45, 7) is 1.61. The Balaban J connectivity index is 2.49. The highest BCUT2D eigenvalue weighted by atomic mass is 16.6. The van der Waals surface area contributed by atoms with E-state index in [1.165, 1.54) is 0 Å². The summed E-state index contributed by atoms with van der Waals surface area (Å²) < 4.78 is 4.81. The molecule has 10 heavy (non-hydrogen) atoms. The number of aliphatic hydroxyl groups excluding tert-OH is 3. The molecule has 3 N–H and O–H groups in total. The molecular weight excluding hydrogens is 136 g/mol. The van der Waals surface area contributed by atoms with Gasteiger partial charge in [0, 0.05) is 6.42 Å². The monoisotopic (exact) mass is 148 g/mol. The maximum absolute atomic E-state index is 9.08. The van der Waals surface area contributed by atoms with Crippen LogP contribution in [0.2, 0.25) is 0 Å². The summed E-state index contributed by atoms with van der Waals surface area (Å²) in [5.41, 5.74) is 0. The van der Waals surface area contributed by atoms with Crippen LogP contribution in [0.1, 0.15) is 13.3 Å². The molecule has 0 saturated carbocycles. The molecule has 60 valence electrons. The Morgan fingerprint density at radius 1 is 1.30 bits per heavy atom. The minimum absolute atomic E-state index is 0.0888. The second-order valence-corrected chi connectivity index (χ2v) is 2.59. The van der Waals surface area contributed by atoms with Crippen LogP contribution in [-0.2, 0) is 4.74 Å². The van der Waals surface area contributed by atoms with Crippen molar-refractivity contribution in [3.8, 4) is 0 Å². The van der Waals surface area contributed by atoms with E-state index in [9.17, 15) is 0 Å². The minimum atomic E-state index is -0.937. The molecule has 0 radical (unpaired) electrons. The highest BCUT2D eigenvalue weighted by Gasteiger charge is 2.32. The average molecular weight is 148 g/mol. The highest BCUT2D eigenvalue weighted by Crippen LogP contribution is 2.17. The van der Waals surface area contributed by atoms with Crippen molar-refractivity contribution < 1.29 is 20.1 Å². The summed E-state index contributed by atoms with van der Waals surface area (Å²) in [5.74, 6) is 0. The van der Waals surface area contributed by atoms with Crippen LogP contribution in [0.4, 0.5) is 0 Å². The molecule has 1 heterocycles. The lowest BCUT2D eigenvalue weighted by molar-refractivity contribution is -0.226. The molecule has 0 bridgehead atoms. The zero-order valence-corrected chi connectivity index (χ0v) is 5.77. The Bertz CT molecular complexity index is 104. The van der Waals surface area contributed by atoms with Gasteiger partial charge in [-0.05, 0) is 6.92 Å². The third-order valence-corrected chi connectivity index (χ3v) is 1.69. The van der Waals surface area contributed by atoms with Gasteiger partial charge in [-0.1, -0.05) is 0 Å². The van der Waals surface area contributed by atoms with Crippen LogP contribution < -0.4 is 0 Å². The maximum atomic E-state index is 9.08. The first-order valence-electron chi connectivity index (χ1n) is 3.31. The van der Waals surface area contributed by atoms with Crippen LogP contribution in [0.25, 0.3) is 0 Å². The molecular formula is C6H12O4. The van der Waals surface area contributed by atoms with Gasteiger partial charge in [-0.2, -0.15) is 0 Å². The number of rotatable bonds is 0. The van der Waals surface area contributed by atoms with Crippen LogP contribution in [0, 0.1) is 0 Å². The van der Waals surface area contributed by atoms with Crippen molar-refractivity contribution in [3.63, 3.8) is 0 Å². The van der Waals surface area contributed by atoms with Crippen molar-refractivity contribution in [1.82, 2.24) is 0 Å². The summed E-state index contributed by atoms with van der Waals surface area (Å²) in [6, 6.07) is 0. The van der Waals surface area contributed by atoms with Gasteiger partial charge in [-0.15, -0.1) is 0 Å². The summed E-state index contributed by atoms with van der Waals surface area (Å²) in [4.78, 5) is 0. The van der Waals surface area contributed by atoms with Gasteiger partial charge in [-0.3, -0.25) is 0 Å². The van der Waals surface area contributed by atoms with E-state index in [0.29, 0.717) is 0 Å². The first-order valence-corrected chi connectivity index (χ1v) is 3.31. The third-order valence-electron chi connectivity index (χ3n) is 1.69. The van der Waals surface area contributed by atoms with Gasteiger partial charge >= 0.3 is 0 Å². The van der Waals surface area contributed by atoms with Crippen LogP contribution in [0.3, 0.4) is 0 Å². The number of ether oxygens (including phenoxy) is 1. The lowest BCUT2D eigenvalue weighted by Crippen LogP contribution is -2.46. The fourth-order valence-corrected chi connectivity index (χ4v) is 1.04. The first kappa shape index (κ1) is 7.94. The molecule has 0 aromatic carbocycles. The van der Waals surface area contributed by atoms with Gasteiger partial charge in [0.25, 0.3) is 0 Å². The van der Waals surface area contributed by atoms with E-state index in [2.05, 4.69) is 0 Å². The molecule has 0 spiro atoms. The predicted molar refractivity (Wildman–Crippen MR) is 33.2 cm³/mol. The molecule has 1 fully saturated rings. The Hall–Kier alpha value is -0.160. The van der Waals surface area contributed by atoms with Crippen LogP contribution in [0.5, 0.6) is 0 Å². The fraction of sp³-hybridized carbons (Fsp3) is 1.00. The van der Waals surface area contributed by atoms with Gasteiger partial charge in [0.2, 0.25) is 0 Å². The van der Waals surface area contributed by atoms with E-state index < -0.39 is 24.6 Å². The number of hydrogen-bond donors (Lipinski definition) is 3. The Morgan fingerprint density at radius 3 is 2.40 bits per heavy atom. The van der Waals surface area contributed by atoms with Crippen molar-refractivity contribution in [1.29, 1.82) is 0 Å². The van der Waals surface area contributed by atoms with Gasteiger partial charge in [0.1, 0.15) is 6.10 Å². The molecule has 1 aliphatic heterocycles. The lowest BCUT2D eigenvalue weighted by atomic mass is 10.0. The van der Waals surface area contributed by atoms with E-state index in [1.54, 1.807) is 6.92 Å². The van der Waals surface area contributed by atoms with E-state index in [0.717, 1.165) is 0 Å². The molecule has 4 atom stereocenters. The van der Waals surface area contributed by atoms with Crippen molar-refractivity contribution in [2.45, 2.75) is 37.9 Å². The van der Waals surface area contributed by atoms with E-state index in [-0.39, 0.29) is 6.42 Å². The lowest BCUT2D eigenvalue weighted by Gasteiger charge is -2.32. The standard InChI is InChI=1S/C6H12O4/c1-3-6(9)4(7)2-5(8)10-3/h3-9H,2H2,1H3/t3?,4-,5?,6+/m0/s1. The summed E-state index contributed by atoms with van der Waals surface area (Å²) in [6.07, 6.45) is -3.07. The molecule has 0 aromatic rings. The second kappa shape index (κ2) is 2.84. The molecule has 0 amide bonds. The zero-order chi connectivity index (χ0) is 7.72. The van der Waals surface area contributed by atoms with Crippen molar-refractivity contribution in [2.75, 3.05) is 0 Å². The summed E-state index contributed by atoms with van der Waals surface area (Å²) >= 11 is 0. The normalized spacial score (nSPS) is 49.2. The third kappa shape index (κ3) is 1.46. The molecule has 1 saturated heterocycles. The van der Waals surface area contributed by atoms with Crippen LogP contribution in [-0.4, -0.2) is 39.9 Å². The first-order chi connectivity index (χ1) is 4.61. The maximum Gasteiger partial charge on any atom is 0.157 e. The van der Waals surface area contributed by atoms with Gasteiger partial charge in [0.05, 0.1) is 12.2 Å². The zero-order valence-electron chi connectivity index (χ0n) is 5.77. The van der Waals surface area contributed by atoms with Gasteiger partial charge in [-0.25, -0.2) is 0 Å². The fourth-order valence-electron chi connectivity index (χ4n) is 1.04. The predicted octanol–water partition coefficient (Wildman–Crippen LogP) is -1.16. The van der Waals surface area contributed by atoms with Crippen LogP contribution >= 0.6 is 0 Å². The molecule has 4 heteroatoms. The summed E-state index contributed by atoms with van der Waals surface area (Å²) in [5, 5.41) is 27.0. The minimum Gasteiger partial charge on any atom is -0.390 e. The SMILES string of the molecule is CC1OC(O)C[C@H](O)[C@@H]1O. The second-order valence-electron chi connectivity index (χ2n) is 2.59. The van der Waals surface area contributed by atoms with Crippen molar-refractivity contribution in [3.05, 3.63) is 0 Å².